The Morgan fingerprint density at radius 1 is 0.862 bits per heavy atom. The summed E-state index contributed by atoms with van der Waals surface area (Å²) in [5.74, 6) is -0.106. The summed E-state index contributed by atoms with van der Waals surface area (Å²) in [4.78, 5) is 4.40. The molecule has 0 amide bonds. The quantitative estimate of drug-likeness (QED) is 0.490. The van der Waals surface area contributed by atoms with Gasteiger partial charge in [0.25, 0.3) is 0 Å². The minimum absolute atomic E-state index is 0.0389. The van der Waals surface area contributed by atoms with E-state index in [4.69, 9.17) is 4.42 Å². The molecule has 0 saturated heterocycles. The molecule has 1 N–H and O–H groups in total. The van der Waals surface area contributed by atoms with E-state index < -0.39 is 9.84 Å². The largest absolute Gasteiger partial charge is 0.419 e. The number of nitrogens with one attached hydrogen (secondary N) is 1. The number of hydrogen-bond acceptors (Lipinski definition) is 5. The molecule has 146 valence electrons. The maximum atomic E-state index is 13.1. The average Bonchev–Trinajstić information content (AvgIpc) is 3.20. The van der Waals surface area contributed by atoms with Crippen LogP contribution in [0.5, 0.6) is 0 Å². The predicted octanol–water partition coefficient (Wildman–Crippen LogP) is 4.93. The van der Waals surface area contributed by atoms with Gasteiger partial charge in [-0.2, -0.15) is 4.98 Å². The maximum absolute atomic E-state index is 13.1. The Labute approximate surface area is 167 Å². The highest BCUT2D eigenvalue weighted by molar-refractivity contribution is 7.91. The Bertz CT molecular complexity index is 1210. The molecule has 7 heteroatoms. The summed E-state index contributed by atoms with van der Waals surface area (Å²) in [5, 5.41) is 2.79. The number of nitrogens with zero attached hydrogens (tertiary/aromatic N) is 1. The monoisotopic (exact) mass is 408 g/mol. The van der Waals surface area contributed by atoms with Crippen molar-refractivity contribution in [3.63, 3.8) is 0 Å². The lowest BCUT2D eigenvalue weighted by molar-refractivity contribution is 0.576. The molecule has 1 aromatic heterocycles. The first kappa shape index (κ1) is 18.9. The minimum Gasteiger partial charge on any atom is -0.419 e. The third-order valence-corrected chi connectivity index (χ3v) is 5.97. The molecule has 0 saturated carbocycles. The second kappa shape index (κ2) is 7.89. The molecule has 3 aromatic carbocycles. The van der Waals surface area contributed by atoms with Crippen LogP contribution in [0.4, 0.5) is 10.3 Å². The van der Waals surface area contributed by atoms with Gasteiger partial charge in [0.1, 0.15) is 5.82 Å². The van der Waals surface area contributed by atoms with Crippen molar-refractivity contribution in [3.8, 4) is 11.5 Å². The van der Waals surface area contributed by atoms with E-state index in [0.29, 0.717) is 5.56 Å². The number of aromatic nitrogens is 1. The van der Waals surface area contributed by atoms with E-state index in [1.54, 1.807) is 42.5 Å². The maximum Gasteiger partial charge on any atom is 0.234 e. The van der Waals surface area contributed by atoms with E-state index >= 15 is 0 Å². The highest BCUT2D eigenvalue weighted by atomic mass is 32.2. The molecular weight excluding hydrogens is 391 g/mol. The van der Waals surface area contributed by atoms with E-state index in [2.05, 4.69) is 10.3 Å². The number of rotatable bonds is 6. The molecule has 0 unspecified atom stereocenters. The highest BCUT2D eigenvalue weighted by Crippen LogP contribution is 2.32. The van der Waals surface area contributed by atoms with Crippen molar-refractivity contribution in [2.24, 2.45) is 0 Å². The molecule has 4 rings (SSSR count). The van der Waals surface area contributed by atoms with Crippen LogP contribution < -0.4 is 5.32 Å². The van der Waals surface area contributed by atoms with Crippen molar-refractivity contribution < 1.29 is 17.2 Å². The van der Waals surface area contributed by atoms with Gasteiger partial charge in [-0.25, -0.2) is 12.8 Å². The Kier molecular flexibility index (Phi) is 5.14. The van der Waals surface area contributed by atoms with Crippen LogP contribution in [0.1, 0.15) is 5.56 Å². The van der Waals surface area contributed by atoms with Crippen LogP contribution in [0.25, 0.3) is 11.5 Å². The van der Waals surface area contributed by atoms with Crippen molar-refractivity contribution in [1.29, 1.82) is 0 Å². The molecule has 29 heavy (non-hydrogen) atoms. The van der Waals surface area contributed by atoms with Gasteiger partial charge in [-0.05, 0) is 42.0 Å². The Morgan fingerprint density at radius 3 is 2.14 bits per heavy atom. The third-order valence-electron chi connectivity index (χ3n) is 4.29. The van der Waals surface area contributed by atoms with Gasteiger partial charge in [-0.1, -0.05) is 48.5 Å². The Morgan fingerprint density at radius 2 is 1.48 bits per heavy atom. The summed E-state index contributed by atoms with van der Waals surface area (Å²) in [6.07, 6.45) is 0. The fourth-order valence-electron chi connectivity index (χ4n) is 2.80. The molecule has 0 atom stereocenters. The summed E-state index contributed by atoms with van der Waals surface area (Å²) in [5.41, 5.74) is 1.43. The summed E-state index contributed by atoms with van der Waals surface area (Å²) in [6.45, 7) is 0.251. The van der Waals surface area contributed by atoms with Gasteiger partial charge in [0, 0.05) is 12.1 Å². The Balaban J connectivity index is 1.74. The van der Waals surface area contributed by atoms with E-state index in [0.717, 1.165) is 5.56 Å². The first-order valence-electron chi connectivity index (χ1n) is 8.89. The SMILES string of the molecule is O=S(=O)(c1ccccc1)c1nc(-c2ccccc2)oc1NCc1ccc(F)cc1. The normalized spacial score (nSPS) is 11.3. The molecule has 5 nitrogen and oxygen atoms in total. The fraction of sp³-hybridized carbons (Fsp3) is 0.0455. The zero-order valence-electron chi connectivity index (χ0n) is 15.2. The smallest absolute Gasteiger partial charge is 0.234 e. The van der Waals surface area contributed by atoms with Crippen LogP contribution in [-0.2, 0) is 16.4 Å². The molecule has 0 aliphatic rings. The van der Waals surface area contributed by atoms with Crippen molar-refractivity contribution >= 4 is 15.7 Å². The van der Waals surface area contributed by atoms with Gasteiger partial charge in [0.05, 0.1) is 4.90 Å². The van der Waals surface area contributed by atoms with Gasteiger partial charge < -0.3 is 9.73 Å². The molecule has 0 spiro atoms. The van der Waals surface area contributed by atoms with Crippen molar-refractivity contribution in [2.45, 2.75) is 16.5 Å². The fourth-order valence-corrected chi connectivity index (χ4v) is 4.10. The number of anilines is 1. The summed E-state index contributed by atoms with van der Waals surface area (Å²) >= 11 is 0. The van der Waals surface area contributed by atoms with Crippen LogP contribution >= 0.6 is 0 Å². The molecule has 0 aliphatic carbocycles. The molecule has 4 aromatic rings. The van der Waals surface area contributed by atoms with Gasteiger partial charge in [-0.3, -0.25) is 0 Å². The van der Waals surface area contributed by atoms with Gasteiger partial charge in [0.15, 0.2) is 0 Å². The molecule has 0 bridgehead atoms. The van der Waals surface area contributed by atoms with Gasteiger partial charge >= 0.3 is 0 Å². The number of oxazole rings is 1. The van der Waals surface area contributed by atoms with Crippen molar-refractivity contribution in [2.75, 3.05) is 5.32 Å². The van der Waals surface area contributed by atoms with E-state index in [1.165, 1.54) is 24.3 Å². The predicted molar refractivity (Wildman–Crippen MR) is 108 cm³/mol. The molecule has 0 radical (unpaired) electrons. The topological polar surface area (TPSA) is 72.2 Å². The zero-order valence-corrected chi connectivity index (χ0v) is 16.1. The van der Waals surface area contributed by atoms with Gasteiger partial charge in [-0.15, -0.1) is 0 Å². The average molecular weight is 408 g/mol. The standard InChI is InChI=1S/C22H17FN2O3S/c23-18-13-11-16(12-14-18)15-24-21-22(29(26,27)19-9-5-2-6-10-19)25-20(28-21)17-7-3-1-4-8-17/h1-14,24H,15H2. The molecular formula is C22H17FN2O3S. The lowest BCUT2D eigenvalue weighted by atomic mass is 10.2. The van der Waals surface area contributed by atoms with Crippen LogP contribution in [0.3, 0.4) is 0 Å². The second-order valence-corrected chi connectivity index (χ2v) is 8.18. The highest BCUT2D eigenvalue weighted by Gasteiger charge is 2.28. The van der Waals surface area contributed by atoms with Crippen LogP contribution in [0, 0.1) is 5.82 Å². The van der Waals surface area contributed by atoms with Crippen molar-refractivity contribution in [1.82, 2.24) is 4.98 Å². The van der Waals surface area contributed by atoms with Crippen LogP contribution in [0.2, 0.25) is 0 Å². The summed E-state index contributed by atoms with van der Waals surface area (Å²) < 4.78 is 45.2. The number of hydrogen-bond donors (Lipinski definition) is 1. The number of halogens is 1. The lowest BCUT2D eigenvalue weighted by Gasteiger charge is -2.06. The molecule has 0 aliphatic heterocycles. The lowest BCUT2D eigenvalue weighted by Crippen LogP contribution is -2.07. The van der Waals surface area contributed by atoms with E-state index in [-0.39, 0.29) is 34.1 Å². The van der Waals surface area contributed by atoms with Crippen molar-refractivity contribution in [3.05, 3.63) is 96.3 Å². The van der Waals surface area contributed by atoms with Crippen LogP contribution in [0.15, 0.2) is 99.3 Å². The number of sulfone groups is 1. The van der Waals surface area contributed by atoms with E-state index in [1.807, 2.05) is 18.2 Å². The van der Waals surface area contributed by atoms with Gasteiger partial charge in [0.2, 0.25) is 26.6 Å². The third kappa shape index (κ3) is 4.05. The summed E-state index contributed by atoms with van der Waals surface area (Å²) in [6, 6.07) is 23.0. The Hall–Kier alpha value is -3.45. The first-order valence-corrected chi connectivity index (χ1v) is 10.4. The molecule has 0 fully saturated rings. The first-order chi connectivity index (χ1) is 14.0. The number of benzene rings is 3. The summed E-state index contributed by atoms with van der Waals surface area (Å²) in [7, 11) is -3.90. The minimum atomic E-state index is -3.90. The van der Waals surface area contributed by atoms with Crippen LogP contribution in [-0.4, -0.2) is 13.4 Å². The zero-order chi connectivity index (χ0) is 20.3. The second-order valence-electron chi connectivity index (χ2n) is 6.32. The van der Waals surface area contributed by atoms with E-state index in [9.17, 15) is 12.8 Å². The molecule has 1 heterocycles.